The summed E-state index contributed by atoms with van der Waals surface area (Å²) >= 11 is 0. The Hall–Kier alpha value is -2.92. The number of esters is 2. The lowest BCUT2D eigenvalue weighted by molar-refractivity contribution is -0.163. The van der Waals surface area contributed by atoms with Gasteiger partial charge in [-0.3, -0.25) is 9.59 Å². The second-order valence-corrected chi connectivity index (χ2v) is 16.3. The van der Waals surface area contributed by atoms with Crippen molar-refractivity contribution in [3.63, 3.8) is 0 Å². The molecule has 0 spiro atoms. The van der Waals surface area contributed by atoms with Crippen LogP contribution in [0.5, 0.6) is 0 Å². The predicted octanol–water partition coefficient (Wildman–Crippen LogP) is 16.9. The maximum Gasteiger partial charge on any atom is 0.306 e. The topological polar surface area (TPSA) is 61.8 Å². The third-order valence-corrected chi connectivity index (χ3v) is 10.4. The Bertz CT molecular complexity index is 1130. The molecule has 0 heterocycles. The second-order valence-electron chi connectivity index (χ2n) is 16.3. The van der Waals surface area contributed by atoms with Crippen LogP contribution >= 0.6 is 0 Å². The summed E-state index contributed by atoms with van der Waals surface area (Å²) in [6.07, 6.45) is 66.0. The van der Waals surface area contributed by atoms with E-state index in [-0.39, 0.29) is 25.2 Å². The molecule has 0 aromatic rings. The van der Waals surface area contributed by atoms with Gasteiger partial charge in [-0.2, -0.15) is 0 Å². The van der Waals surface area contributed by atoms with Crippen LogP contribution in [0.25, 0.3) is 0 Å². The zero-order valence-electron chi connectivity index (χ0n) is 39.5. The van der Waals surface area contributed by atoms with Crippen molar-refractivity contribution in [2.45, 2.75) is 232 Å². The molecule has 0 aliphatic heterocycles. The number of carbonyl (C=O) groups is 2. The molecule has 0 bridgehead atoms. The first kappa shape index (κ1) is 57.1. The van der Waals surface area contributed by atoms with Gasteiger partial charge in [0.1, 0.15) is 6.61 Å². The molecule has 0 rings (SSSR count). The molecule has 0 amide bonds. The SMILES string of the molecule is CC/C=C\C/C=C\C/C=C\C/C=C\C/C=C\C/C=C\CCCOCC(COC(=O)CCCCCCC/C=C\CCCCCCCC)OC(=O)CCCCCCCCCCC. The molecule has 5 nitrogen and oxygen atoms in total. The number of allylic oxidation sites excluding steroid dienone is 14. The summed E-state index contributed by atoms with van der Waals surface area (Å²) in [5, 5.41) is 0. The Morgan fingerprint density at radius 2 is 0.750 bits per heavy atom. The molecule has 0 saturated carbocycles. The molecule has 5 heteroatoms. The van der Waals surface area contributed by atoms with Crippen LogP contribution in [0.3, 0.4) is 0 Å². The van der Waals surface area contributed by atoms with Gasteiger partial charge in [0.15, 0.2) is 6.10 Å². The van der Waals surface area contributed by atoms with Crippen molar-refractivity contribution < 1.29 is 23.8 Å². The van der Waals surface area contributed by atoms with Crippen LogP contribution < -0.4 is 0 Å². The highest BCUT2D eigenvalue weighted by molar-refractivity contribution is 5.70. The van der Waals surface area contributed by atoms with Crippen LogP contribution in [-0.4, -0.2) is 37.9 Å². The summed E-state index contributed by atoms with van der Waals surface area (Å²) in [6, 6.07) is 0. The number of hydrogen-bond donors (Lipinski definition) is 0. The normalized spacial score (nSPS) is 12.9. The molecule has 0 N–H and O–H groups in total. The molecule has 0 radical (unpaired) electrons. The Kier molecular flexibility index (Phi) is 48.0. The van der Waals surface area contributed by atoms with Gasteiger partial charge in [0.05, 0.1) is 6.61 Å². The van der Waals surface area contributed by atoms with Crippen molar-refractivity contribution in [3.05, 3.63) is 85.1 Å². The quantitative estimate of drug-likeness (QED) is 0.0347. The van der Waals surface area contributed by atoms with Crippen LogP contribution in [0, 0.1) is 0 Å². The zero-order chi connectivity index (χ0) is 43.5. The summed E-state index contributed by atoms with van der Waals surface area (Å²) in [5.74, 6) is -0.442. The largest absolute Gasteiger partial charge is 0.462 e. The first-order valence-corrected chi connectivity index (χ1v) is 25.1. The van der Waals surface area contributed by atoms with Crippen LogP contribution in [0.1, 0.15) is 226 Å². The Balaban J connectivity index is 4.32. The molecule has 344 valence electrons. The van der Waals surface area contributed by atoms with Gasteiger partial charge in [0, 0.05) is 19.4 Å². The molecule has 0 saturated heterocycles. The lowest BCUT2D eigenvalue weighted by atomic mass is 10.1. The van der Waals surface area contributed by atoms with E-state index in [4.69, 9.17) is 14.2 Å². The van der Waals surface area contributed by atoms with Crippen molar-refractivity contribution in [2.24, 2.45) is 0 Å². The standard InChI is InChI=1S/C55H94O5/c1-4-7-10-13-16-19-21-23-25-26-27-28-29-31-33-35-38-41-44-47-50-58-51-53(60-55(57)49-46-43-40-36-18-15-12-9-6-3)52-59-54(56)48-45-42-39-37-34-32-30-24-22-20-17-14-11-8-5-2/h7,10,16,19,23-25,27-28,30-31,33,38,41,53H,4-6,8-9,11-15,17-18,20-22,26,29,32,34-37,39-40,42-52H2,1-3H3/b10-7-,19-16-,25-23-,28-27-,30-24-,33-31-,41-38-. The smallest absolute Gasteiger partial charge is 0.306 e. The molecule has 0 fully saturated rings. The number of rotatable bonds is 45. The van der Waals surface area contributed by atoms with E-state index in [9.17, 15) is 9.59 Å². The Labute approximate surface area is 371 Å². The van der Waals surface area contributed by atoms with Crippen molar-refractivity contribution >= 4 is 11.9 Å². The molecule has 0 aliphatic carbocycles. The Morgan fingerprint density at radius 1 is 0.383 bits per heavy atom. The van der Waals surface area contributed by atoms with Gasteiger partial charge >= 0.3 is 11.9 Å². The van der Waals surface area contributed by atoms with Crippen molar-refractivity contribution in [3.8, 4) is 0 Å². The highest BCUT2D eigenvalue weighted by atomic mass is 16.6. The van der Waals surface area contributed by atoms with Gasteiger partial charge in [-0.1, -0.05) is 209 Å². The monoisotopic (exact) mass is 835 g/mol. The predicted molar refractivity (Wildman–Crippen MR) is 260 cm³/mol. The van der Waals surface area contributed by atoms with Crippen LogP contribution in [0.2, 0.25) is 0 Å². The number of carbonyl (C=O) groups excluding carboxylic acids is 2. The summed E-state index contributed by atoms with van der Waals surface area (Å²) in [5.41, 5.74) is 0. The van der Waals surface area contributed by atoms with Crippen molar-refractivity contribution in [1.29, 1.82) is 0 Å². The zero-order valence-corrected chi connectivity index (χ0v) is 39.5. The fraction of sp³-hybridized carbons (Fsp3) is 0.709. The van der Waals surface area contributed by atoms with Crippen LogP contribution in [-0.2, 0) is 23.8 Å². The van der Waals surface area contributed by atoms with E-state index >= 15 is 0 Å². The molecule has 60 heavy (non-hydrogen) atoms. The number of unbranched alkanes of at least 4 members (excludes halogenated alkanes) is 20. The summed E-state index contributed by atoms with van der Waals surface area (Å²) < 4.78 is 17.3. The fourth-order valence-electron chi connectivity index (χ4n) is 6.70. The third-order valence-electron chi connectivity index (χ3n) is 10.4. The molecular weight excluding hydrogens is 741 g/mol. The van der Waals surface area contributed by atoms with Gasteiger partial charge in [0.25, 0.3) is 0 Å². The maximum atomic E-state index is 12.7. The van der Waals surface area contributed by atoms with Crippen LogP contribution in [0.15, 0.2) is 85.1 Å². The molecular formula is C55H94O5. The van der Waals surface area contributed by atoms with E-state index in [1.807, 2.05) is 0 Å². The summed E-state index contributed by atoms with van der Waals surface area (Å²) in [4.78, 5) is 25.3. The van der Waals surface area contributed by atoms with Gasteiger partial charge in [-0.25, -0.2) is 0 Å². The van der Waals surface area contributed by atoms with E-state index in [0.29, 0.717) is 19.4 Å². The first-order chi connectivity index (χ1) is 29.6. The van der Waals surface area contributed by atoms with Gasteiger partial charge < -0.3 is 14.2 Å². The minimum absolute atomic E-state index is 0.0561. The molecule has 0 aromatic heterocycles. The molecule has 1 atom stereocenters. The second kappa shape index (κ2) is 50.4. The fourth-order valence-corrected chi connectivity index (χ4v) is 6.70. The van der Waals surface area contributed by atoms with E-state index in [1.165, 1.54) is 96.3 Å². The minimum Gasteiger partial charge on any atom is -0.462 e. The average Bonchev–Trinajstić information content (AvgIpc) is 3.25. The summed E-state index contributed by atoms with van der Waals surface area (Å²) in [6.45, 7) is 7.54. The maximum absolute atomic E-state index is 12.7. The van der Waals surface area contributed by atoms with Crippen LogP contribution in [0.4, 0.5) is 0 Å². The van der Waals surface area contributed by atoms with Crippen molar-refractivity contribution in [2.75, 3.05) is 19.8 Å². The lowest BCUT2D eigenvalue weighted by Crippen LogP contribution is -2.30. The Morgan fingerprint density at radius 3 is 1.22 bits per heavy atom. The number of hydrogen-bond acceptors (Lipinski definition) is 5. The number of ether oxygens (including phenoxy) is 3. The minimum atomic E-state index is -0.569. The summed E-state index contributed by atoms with van der Waals surface area (Å²) in [7, 11) is 0. The highest BCUT2D eigenvalue weighted by Crippen LogP contribution is 2.13. The van der Waals surface area contributed by atoms with E-state index in [0.717, 1.165) is 96.3 Å². The molecule has 0 aromatic carbocycles. The van der Waals surface area contributed by atoms with Gasteiger partial charge in [-0.15, -0.1) is 0 Å². The van der Waals surface area contributed by atoms with E-state index in [2.05, 4.69) is 106 Å². The highest BCUT2D eigenvalue weighted by Gasteiger charge is 2.17. The van der Waals surface area contributed by atoms with E-state index in [1.54, 1.807) is 0 Å². The lowest BCUT2D eigenvalue weighted by Gasteiger charge is -2.18. The third kappa shape index (κ3) is 47.8. The van der Waals surface area contributed by atoms with Gasteiger partial charge in [0.2, 0.25) is 0 Å². The van der Waals surface area contributed by atoms with Gasteiger partial charge in [-0.05, 0) is 89.9 Å². The van der Waals surface area contributed by atoms with E-state index < -0.39 is 6.10 Å². The van der Waals surface area contributed by atoms with Crippen molar-refractivity contribution in [1.82, 2.24) is 0 Å². The first-order valence-electron chi connectivity index (χ1n) is 25.1. The molecule has 1 unspecified atom stereocenters. The molecule has 0 aliphatic rings. The average molecular weight is 835 g/mol.